The molecule has 0 aromatic heterocycles. The van der Waals surface area contributed by atoms with E-state index in [0.717, 1.165) is 45.5 Å². The van der Waals surface area contributed by atoms with E-state index in [2.05, 4.69) is 39.8 Å². The maximum atomic E-state index is 12.5. The van der Waals surface area contributed by atoms with Crippen LogP contribution >= 0.6 is 0 Å². The minimum atomic E-state index is -0.0808. The van der Waals surface area contributed by atoms with Gasteiger partial charge in [-0.1, -0.05) is 30.3 Å². The second kappa shape index (κ2) is 9.32. The summed E-state index contributed by atoms with van der Waals surface area (Å²) in [5, 5.41) is 6.71. The normalized spacial score (nSPS) is 25.6. The molecule has 138 valence electrons. The fourth-order valence-corrected chi connectivity index (χ4v) is 3.72. The van der Waals surface area contributed by atoms with Crippen molar-refractivity contribution < 1.29 is 9.53 Å². The Bertz CT molecular complexity index is 531. The van der Waals surface area contributed by atoms with Crippen LogP contribution in [0, 0.1) is 0 Å². The van der Waals surface area contributed by atoms with Crippen LogP contribution in [-0.2, 0) is 16.1 Å². The zero-order valence-corrected chi connectivity index (χ0v) is 15.2. The van der Waals surface area contributed by atoms with Gasteiger partial charge >= 0.3 is 0 Å². The molecule has 5 heteroatoms. The monoisotopic (exact) mass is 345 g/mol. The zero-order chi connectivity index (χ0) is 17.5. The van der Waals surface area contributed by atoms with Crippen LogP contribution in [0.25, 0.3) is 0 Å². The fourth-order valence-electron chi connectivity index (χ4n) is 3.72. The van der Waals surface area contributed by atoms with Gasteiger partial charge in [-0.2, -0.15) is 0 Å². The highest BCUT2D eigenvalue weighted by Gasteiger charge is 2.27. The molecule has 1 aromatic rings. The number of nitrogens with zero attached hydrogens (tertiary/aromatic N) is 1. The largest absolute Gasteiger partial charge is 0.376 e. The fraction of sp³-hybridized carbons (Fsp3) is 0.650. The molecule has 2 aliphatic rings. The number of nitrogens with one attached hydrogen (secondary N) is 2. The number of benzene rings is 1. The lowest BCUT2D eigenvalue weighted by Crippen LogP contribution is -2.53. The molecule has 2 aliphatic heterocycles. The molecule has 1 aromatic carbocycles. The summed E-state index contributed by atoms with van der Waals surface area (Å²) in [4.78, 5) is 14.8. The van der Waals surface area contributed by atoms with Gasteiger partial charge in [0.05, 0.1) is 12.1 Å². The van der Waals surface area contributed by atoms with Crippen LogP contribution in [0.15, 0.2) is 30.3 Å². The molecule has 0 bridgehead atoms. The topological polar surface area (TPSA) is 53.6 Å². The highest BCUT2D eigenvalue weighted by atomic mass is 16.5. The number of hydrogen-bond donors (Lipinski definition) is 2. The summed E-state index contributed by atoms with van der Waals surface area (Å²) >= 11 is 0. The molecule has 0 saturated carbocycles. The summed E-state index contributed by atoms with van der Waals surface area (Å²) in [5.74, 6) is 0.124. The first-order valence-electron chi connectivity index (χ1n) is 9.63. The van der Waals surface area contributed by atoms with Gasteiger partial charge in [0.15, 0.2) is 0 Å². The van der Waals surface area contributed by atoms with E-state index in [1.165, 1.54) is 12.0 Å². The molecule has 25 heavy (non-hydrogen) atoms. The third-order valence-corrected chi connectivity index (χ3v) is 5.35. The standard InChI is InChI=1S/C20H31N3O2/c1-16(20(24)22-14-19-10-6-12-25-19)23-11-5-9-18(15-23)21-13-17-7-3-2-4-8-17/h2-4,7-8,16,18-19,21H,5-6,9-15H2,1H3,(H,22,24)/t16-,18+,19-/m1/s1. The molecule has 2 heterocycles. The van der Waals surface area contributed by atoms with Gasteiger partial charge in [-0.3, -0.25) is 9.69 Å². The molecule has 3 rings (SSSR count). The van der Waals surface area contributed by atoms with Crippen molar-refractivity contribution in [2.75, 3.05) is 26.2 Å². The minimum absolute atomic E-state index is 0.0808. The van der Waals surface area contributed by atoms with Gasteiger partial charge in [0.2, 0.25) is 5.91 Å². The molecule has 0 radical (unpaired) electrons. The second-order valence-corrected chi connectivity index (χ2v) is 7.26. The summed E-state index contributed by atoms with van der Waals surface area (Å²) in [7, 11) is 0. The second-order valence-electron chi connectivity index (χ2n) is 7.26. The van der Waals surface area contributed by atoms with Crippen molar-refractivity contribution in [2.24, 2.45) is 0 Å². The Balaban J connectivity index is 1.42. The number of likely N-dealkylation sites (tertiary alicyclic amines) is 1. The Morgan fingerprint density at radius 1 is 1.28 bits per heavy atom. The Labute approximate surface area is 151 Å². The molecule has 3 atom stereocenters. The minimum Gasteiger partial charge on any atom is -0.376 e. The summed E-state index contributed by atoms with van der Waals surface area (Å²) < 4.78 is 5.58. The lowest BCUT2D eigenvalue weighted by Gasteiger charge is -2.36. The van der Waals surface area contributed by atoms with Gasteiger partial charge in [0.1, 0.15) is 0 Å². The molecule has 0 spiro atoms. The number of amides is 1. The summed E-state index contributed by atoms with van der Waals surface area (Å²) in [6.07, 6.45) is 4.68. The third kappa shape index (κ3) is 5.53. The van der Waals surface area contributed by atoms with Crippen LogP contribution in [0.3, 0.4) is 0 Å². The quantitative estimate of drug-likeness (QED) is 0.793. The maximum Gasteiger partial charge on any atom is 0.237 e. The van der Waals surface area contributed by atoms with Crippen molar-refractivity contribution in [1.29, 1.82) is 0 Å². The molecule has 5 nitrogen and oxygen atoms in total. The Hall–Kier alpha value is -1.43. The molecule has 0 aliphatic carbocycles. The third-order valence-electron chi connectivity index (χ3n) is 5.35. The van der Waals surface area contributed by atoms with Crippen LogP contribution in [0.2, 0.25) is 0 Å². The van der Waals surface area contributed by atoms with Gasteiger partial charge in [0.25, 0.3) is 0 Å². The molecular weight excluding hydrogens is 314 g/mol. The lowest BCUT2D eigenvalue weighted by molar-refractivity contribution is -0.126. The van der Waals surface area contributed by atoms with Crippen LogP contribution in [0.4, 0.5) is 0 Å². The maximum absolute atomic E-state index is 12.5. The van der Waals surface area contributed by atoms with E-state index >= 15 is 0 Å². The SMILES string of the molecule is C[C@H](C(=O)NC[C@H]1CCCO1)N1CCC[C@H](NCc2ccccc2)C1. The number of hydrogen-bond acceptors (Lipinski definition) is 4. The number of carbonyl (C=O) groups excluding carboxylic acids is 1. The predicted octanol–water partition coefficient (Wildman–Crippen LogP) is 1.92. The summed E-state index contributed by atoms with van der Waals surface area (Å²) in [5.41, 5.74) is 1.31. The average molecular weight is 345 g/mol. The van der Waals surface area contributed by atoms with Crippen molar-refractivity contribution in [3.05, 3.63) is 35.9 Å². The van der Waals surface area contributed by atoms with E-state index < -0.39 is 0 Å². The Morgan fingerprint density at radius 3 is 2.88 bits per heavy atom. The van der Waals surface area contributed by atoms with E-state index in [9.17, 15) is 4.79 Å². The molecule has 2 saturated heterocycles. The van der Waals surface area contributed by atoms with E-state index in [1.54, 1.807) is 0 Å². The highest BCUT2D eigenvalue weighted by molar-refractivity contribution is 5.81. The van der Waals surface area contributed by atoms with E-state index in [1.807, 2.05) is 13.0 Å². The van der Waals surface area contributed by atoms with Gasteiger partial charge in [0, 0.05) is 32.3 Å². The van der Waals surface area contributed by atoms with Crippen LogP contribution in [-0.4, -0.2) is 55.2 Å². The van der Waals surface area contributed by atoms with Crippen LogP contribution < -0.4 is 10.6 Å². The zero-order valence-electron chi connectivity index (χ0n) is 15.2. The Morgan fingerprint density at radius 2 is 2.12 bits per heavy atom. The number of carbonyl (C=O) groups is 1. The van der Waals surface area contributed by atoms with Gasteiger partial charge in [-0.05, 0) is 44.7 Å². The number of piperidine rings is 1. The average Bonchev–Trinajstić information content (AvgIpc) is 3.18. The van der Waals surface area contributed by atoms with E-state index in [4.69, 9.17) is 4.74 Å². The van der Waals surface area contributed by atoms with Gasteiger partial charge in [-0.15, -0.1) is 0 Å². The van der Waals surface area contributed by atoms with Crippen molar-refractivity contribution >= 4 is 5.91 Å². The Kier molecular flexibility index (Phi) is 6.84. The summed E-state index contributed by atoms with van der Waals surface area (Å²) in [6, 6.07) is 10.9. The highest BCUT2D eigenvalue weighted by Crippen LogP contribution is 2.15. The van der Waals surface area contributed by atoms with Crippen molar-refractivity contribution in [3.63, 3.8) is 0 Å². The molecule has 2 fully saturated rings. The van der Waals surface area contributed by atoms with E-state index in [-0.39, 0.29) is 18.1 Å². The first-order chi connectivity index (χ1) is 12.2. The van der Waals surface area contributed by atoms with E-state index in [0.29, 0.717) is 12.6 Å². The number of rotatable bonds is 7. The molecular formula is C20H31N3O2. The van der Waals surface area contributed by atoms with Crippen molar-refractivity contribution in [2.45, 2.75) is 57.3 Å². The number of ether oxygens (including phenoxy) is 1. The van der Waals surface area contributed by atoms with Crippen molar-refractivity contribution in [3.8, 4) is 0 Å². The molecule has 1 amide bonds. The molecule has 0 unspecified atom stereocenters. The van der Waals surface area contributed by atoms with Crippen LogP contribution in [0.5, 0.6) is 0 Å². The van der Waals surface area contributed by atoms with Gasteiger partial charge < -0.3 is 15.4 Å². The first kappa shape index (κ1) is 18.4. The predicted molar refractivity (Wildman–Crippen MR) is 99.3 cm³/mol. The molecule has 2 N–H and O–H groups in total. The first-order valence-corrected chi connectivity index (χ1v) is 9.63. The summed E-state index contributed by atoms with van der Waals surface area (Å²) in [6.45, 7) is 6.31. The van der Waals surface area contributed by atoms with Gasteiger partial charge in [-0.25, -0.2) is 0 Å². The lowest BCUT2D eigenvalue weighted by atomic mass is 10.0. The van der Waals surface area contributed by atoms with Crippen molar-refractivity contribution in [1.82, 2.24) is 15.5 Å². The smallest absolute Gasteiger partial charge is 0.237 e. The van der Waals surface area contributed by atoms with Crippen LogP contribution in [0.1, 0.15) is 38.2 Å².